The average molecular weight is 297 g/mol. The zero-order valence-corrected chi connectivity index (χ0v) is 11.5. The van der Waals surface area contributed by atoms with E-state index in [1.54, 1.807) is 18.2 Å². The summed E-state index contributed by atoms with van der Waals surface area (Å²) in [4.78, 5) is 14.5. The molecule has 0 bridgehead atoms. The van der Waals surface area contributed by atoms with Gasteiger partial charge in [0.1, 0.15) is 5.01 Å². The normalized spacial score (nSPS) is 11.2. The standard InChI is InChI=1S/C15H10N2O3S/c18-13-7-5-10(9-12(13)17(19)20)6-8-15-16-11-3-1-2-4-14(11)21-15/h1-9,18H/p-1/b8-6+. The highest BCUT2D eigenvalue weighted by Gasteiger charge is 2.06. The van der Waals surface area contributed by atoms with E-state index >= 15 is 0 Å². The fraction of sp³-hybridized carbons (Fsp3) is 0. The lowest BCUT2D eigenvalue weighted by atomic mass is 10.2. The van der Waals surface area contributed by atoms with Gasteiger partial charge in [0.15, 0.2) is 0 Å². The molecule has 0 radical (unpaired) electrons. The van der Waals surface area contributed by atoms with Crippen molar-refractivity contribution in [2.45, 2.75) is 0 Å². The van der Waals surface area contributed by atoms with Crippen molar-refractivity contribution in [2.75, 3.05) is 0 Å². The molecule has 0 spiro atoms. The molecule has 6 heteroatoms. The first-order valence-electron chi connectivity index (χ1n) is 6.12. The van der Waals surface area contributed by atoms with Crippen molar-refractivity contribution in [2.24, 2.45) is 0 Å². The van der Waals surface area contributed by atoms with Crippen LogP contribution in [0, 0.1) is 10.1 Å². The average Bonchev–Trinajstić information content (AvgIpc) is 2.89. The second-order valence-corrected chi connectivity index (χ2v) is 5.40. The van der Waals surface area contributed by atoms with Gasteiger partial charge in [0.05, 0.1) is 15.1 Å². The van der Waals surface area contributed by atoms with Crippen molar-refractivity contribution in [3.05, 3.63) is 63.1 Å². The Morgan fingerprint density at radius 3 is 2.71 bits per heavy atom. The number of nitro groups is 1. The third-order valence-electron chi connectivity index (χ3n) is 2.91. The van der Waals surface area contributed by atoms with Crippen molar-refractivity contribution in [3.8, 4) is 5.75 Å². The van der Waals surface area contributed by atoms with Crippen molar-refractivity contribution in [1.29, 1.82) is 0 Å². The number of hydrogen-bond acceptors (Lipinski definition) is 5. The monoisotopic (exact) mass is 297 g/mol. The van der Waals surface area contributed by atoms with Gasteiger partial charge >= 0.3 is 0 Å². The van der Waals surface area contributed by atoms with E-state index in [-0.39, 0.29) is 0 Å². The molecule has 0 aliphatic rings. The van der Waals surface area contributed by atoms with Gasteiger partial charge in [-0.3, -0.25) is 10.1 Å². The summed E-state index contributed by atoms with van der Waals surface area (Å²) in [6, 6.07) is 11.8. The molecule has 0 N–H and O–H groups in total. The Hall–Kier alpha value is -2.73. The Kier molecular flexibility index (Phi) is 3.37. The summed E-state index contributed by atoms with van der Waals surface area (Å²) in [6.07, 6.45) is 3.50. The highest BCUT2D eigenvalue weighted by Crippen LogP contribution is 2.26. The number of rotatable bonds is 3. The fourth-order valence-electron chi connectivity index (χ4n) is 1.91. The predicted molar refractivity (Wildman–Crippen MR) is 81.1 cm³/mol. The Balaban J connectivity index is 1.92. The first kappa shape index (κ1) is 13.3. The molecule has 2 aromatic carbocycles. The van der Waals surface area contributed by atoms with E-state index in [4.69, 9.17) is 0 Å². The molecule has 0 unspecified atom stereocenters. The van der Waals surface area contributed by atoms with Gasteiger partial charge in [-0.25, -0.2) is 4.98 Å². The number of nitro benzene ring substituents is 1. The molecule has 0 aliphatic carbocycles. The SMILES string of the molecule is O=[N+]([O-])c1cc(/C=C/c2nc3ccccc3s2)ccc1[O-]. The highest BCUT2D eigenvalue weighted by molar-refractivity contribution is 7.19. The Labute approximate surface area is 124 Å². The molecule has 0 saturated heterocycles. The van der Waals surface area contributed by atoms with E-state index in [1.165, 1.54) is 23.5 Å². The van der Waals surface area contributed by atoms with Gasteiger partial charge in [-0.2, -0.15) is 0 Å². The molecule has 5 nitrogen and oxygen atoms in total. The van der Waals surface area contributed by atoms with E-state index in [1.807, 2.05) is 24.3 Å². The largest absolute Gasteiger partial charge is 0.868 e. The van der Waals surface area contributed by atoms with Crippen LogP contribution in [0.25, 0.3) is 22.4 Å². The molecule has 0 aliphatic heterocycles. The van der Waals surface area contributed by atoms with Crippen LogP contribution < -0.4 is 5.11 Å². The van der Waals surface area contributed by atoms with Crippen molar-refractivity contribution in [1.82, 2.24) is 4.98 Å². The number of benzene rings is 2. The molecule has 0 atom stereocenters. The van der Waals surface area contributed by atoms with E-state index in [0.717, 1.165) is 15.2 Å². The van der Waals surface area contributed by atoms with E-state index in [0.29, 0.717) is 5.56 Å². The number of hydrogen-bond donors (Lipinski definition) is 0. The van der Waals surface area contributed by atoms with Crippen LogP contribution in [0.1, 0.15) is 10.6 Å². The van der Waals surface area contributed by atoms with E-state index < -0.39 is 16.4 Å². The van der Waals surface area contributed by atoms with Gasteiger partial charge in [0, 0.05) is 6.07 Å². The smallest absolute Gasteiger partial charge is 0.262 e. The number of para-hydroxylation sites is 1. The molecule has 0 saturated carbocycles. The number of fused-ring (bicyclic) bond motifs is 1. The Bertz CT molecular complexity index is 822. The predicted octanol–water partition coefficient (Wildman–Crippen LogP) is 3.45. The number of nitrogens with zero attached hydrogens (tertiary/aromatic N) is 2. The van der Waals surface area contributed by atoms with Crippen LogP contribution >= 0.6 is 11.3 Å². The molecule has 1 aromatic heterocycles. The second kappa shape index (κ2) is 5.34. The van der Waals surface area contributed by atoms with Crippen LogP contribution in [0.4, 0.5) is 5.69 Å². The molecule has 3 rings (SSSR count). The van der Waals surface area contributed by atoms with Gasteiger partial charge < -0.3 is 5.11 Å². The first-order chi connectivity index (χ1) is 10.1. The Morgan fingerprint density at radius 1 is 1.14 bits per heavy atom. The molecule has 104 valence electrons. The lowest BCUT2D eigenvalue weighted by Gasteiger charge is -2.05. The highest BCUT2D eigenvalue weighted by atomic mass is 32.1. The lowest BCUT2D eigenvalue weighted by Crippen LogP contribution is -1.97. The van der Waals surface area contributed by atoms with Gasteiger partial charge in [-0.05, 0) is 29.5 Å². The summed E-state index contributed by atoms with van der Waals surface area (Å²) in [5.74, 6) is -0.586. The summed E-state index contributed by atoms with van der Waals surface area (Å²) in [7, 11) is 0. The lowest BCUT2D eigenvalue weighted by molar-refractivity contribution is -0.398. The van der Waals surface area contributed by atoms with Gasteiger partial charge in [-0.1, -0.05) is 30.3 Å². The minimum absolute atomic E-state index is 0.415. The Morgan fingerprint density at radius 2 is 1.95 bits per heavy atom. The zero-order valence-electron chi connectivity index (χ0n) is 10.7. The topological polar surface area (TPSA) is 79.1 Å². The maximum Gasteiger partial charge on any atom is 0.262 e. The number of thiazole rings is 1. The molecule has 1 heterocycles. The molecule has 0 amide bonds. The minimum atomic E-state index is -0.669. The molecule has 0 fully saturated rings. The van der Waals surface area contributed by atoms with Crippen molar-refractivity contribution in [3.63, 3.8) is 0 Å². The third kappa shape index (κ3) is 2.75. The van der Waals surface area contributed by atoms with Crippen LogP contribution in [0.5, 0.6) is 5.75 Å². The maximum atomic E-state index is 11.3. The zero-order chi connectivity index (χ0) is 14.8. The second-order valence-electron chi connectivity index (χ2n) is 4.34. The third-order valence-corrected chi connectivity index (χ3v) is 3.91. The van der Waals surface area contributed by atoms with Gasteiger partial charge in [-0.15, -0.1) is 11.3 Å². The quantitative estimate of drug-likeness (QED) is 0.548. The fourth-order valence-corrected chi connectivity index (χ4v) is 2.78. The molecule has 3 aromatic rings. The molecule has 21 heavy (non-hydrogen) atoms. The first-order valence-corrected chi connectivity index (χ1v) is 6.94. The molecular formula is C15H9N2O3S-. The number of aromatic nitrogens is 1. The van der Waals surface area contributed by atoms with Gasteiger partial charge in [0.2, 0.25) is 0 Å². The van der Waals surface area contributed by atoms with Crippen LogP contribution in [0.15, 0.2) is 42.5 Å². The summed E-state index contributed by atoms with van der Waals surface area (Å²) in [6.45, 7) is 0. The van der Waals surface area contributed by atoms with Crippen LogP contribution in [-0.2, 0) is 0 Å². The van der Waals surface area contributed by atoms with Crippen LogP contribution in [-0.4, -0.2) is 9.91 Å². The maximum absolute atomic E-state index is 11.3. The summed E-state index contributed by atoms with van der Waals surface area (Å²) < 4.78 is 1.08. The summed E-state index contributed by atoms with van der Waals surface area (Å²) in [5.41, 5.74) is 1.10. The van der Waals surface area contributed by atoms with Gasteiger partial charge in [0.25, 0.3) is 5.69 Å². The van der Waals surface area contributed by atoms with Crippen LogP contribution in [0.2, 0.25) is 0 Å². The van der Waals surface area contributed by atoms with Crippen LogP contribution in [0.3, 0.4) is 0 Å². The molecular weight excluding hydrogens is 288 g/mol. The van der Waals surface area contributed by atoms with E-state index in [2.05, 4.69) is 4.98 Å². The minimum Gasteiger partial charge on any atom is -0.868 e. The summed E-state index contributed by atoms with van der Waals surface area (Å²) in [5, 5.41) is 22.9. The van der Waals surface area contributed by atoms with E-state index in [9.17, 15) is 15.2 Å². The van der Waals surface area contributed by atoms with Crippen molar-refractivity contribution >= 4 is 39.4 Å². The summed E-state index contributed by atoms with van der Waals surface area (Å²) >= 11 is 1.54. The van der Waals surface area contributed by atoms with Crippen molar-refractivity contribution < 1.29 is 10.0 Å².